The highest BCUT2D eigenvalue weighted by Gasteiger charge is 2.24. The molecule has 3 rings (SSSR count). The van der Waals surface area contributed by atoms with Gasteiger partial charge in [-0.05, 0) is 31.2 Å². The van der Waals surface area contributed by atoms with Crippen molar-refractivity contribution in [3.05, 3.63) is 69.0 Å². The van der Waals surface area contributed by atoms with E-state index in [2.05, 4.69) is 10.2 Å². The van der Waals surface area contributed by atoms with E-state index in [4.69, 9.17) is 44.0 Å². The van der Waals surface area contributed by atoms with E-state index >= 15 is 0 Å². The van der Waals surface area contributed by atoms with Crippen LogP contribution in [0.4, 0.5) is 0 Å². The fourth-order valence-corrected chi connectivity index (χ4v) is 2.76. The van der Waals surface area contributed by atoms with Crippen LogP contribution < -0.4 is 0 Å². The second kappa shape index (κ2) is 7.44. The molecule has 25 heavy (non-hydrogen) atoms. The lowest BCUT2D eigenvalue weighted by molar-refractivity contribution is 0.0280. The molecule has 128 valence electrons. The minimum absolute atomic E-state index is 0.00881. The van der Waals surface area contributed by atoms with Gasteiger partial charge in [-0.1, -0.05) is 53.0 Å². The number of carbonyl (C=O) groups excluding carboxylic acids is 1. The fourth-order valence-electron chi connectivity index (χ4n) is 2.08. The number of benzene rings is 2. The van der Waals surface area contributed by atoms with Crippen LogP contribution in [0.2, 0.25) is 15.1 Å². The van der Waals surface area contributed by atoms with Crippen molar-refractivity contribution in [1.82, 2.24) is 10.2 Å². The lowest BCUT2D eigenvalue weighted by Gasteiger charge is -2.12. The van der Waals surface area contributed by atoms with Gasteiger partial charge in [-0.15, -0.1) is 10.2 Å². The van der Waals surface area contributed by atoms with Crippen molar-refractivity contribution in [2.75, 3.05) is 0 Å². The summed E-state index contributed by atoms with van der Waals surface area (Å²) < 4.78 is 10.9. The highest BCUT2D eigenvalue weighted by Crippen LogP contribution is 2.33. The SMILES string of the molecule is C[C@@H](OC(=O)c1c(Cl)ccc(Cl)c1Cl)c1nnc(-c2ccccc2)o1. The smallest absolute Gasteiger partial charge is 0.342 e. The van der Waals surface area contributed by atoms with Crippen molar-refractivity contribution in [2.45, 2.75) is 13.0 Å². The molecule has 2 aromatic carbocycles. The summed E-state index contributed by atoms with van der Waals surface area (Å²) in [6.07, 6.45) is -0.788. The molecule has 1 aromatic heterocycles. The first-order valence-electron chi connectivity index (χ1n) is 7.20. The Bertz CT molecular complexity index is 913. The molecular formula is C17H11Cl3N2O3. The lowest BCUT2D eigenvalue weighted by Crippen LogP contribution is -2.11. The van der Waals surface area contributed by atoms with E-state index in [1.54, 1.807) is 6.92 Å². The van der Waals surface area contributed by atoms with Crippen molar-refractivity contribution < 1.29 is 13.9 Å². The lowest BCUT2D eigenvalue weighted by atomic mass is 10.2. The summed E-state index contributed by atoms with van der Waals surface area (Å²) in [5.74, 6) is -0.247. The van der Waals surface area contributed by atoms with Crippen LogP contribution in [-0.4, -0.2) is 16.2 Å². The minimum atomic E-state index is -0.788. The van der Waals surface area contributed by atoms with Gasteiger partial charge in [-0.3, -0.25) is 0 Å². The molecule has 0 saturated heterocycles. The standard InChI is InChI=1S/C17H11Cl3N2O3/c1-9(15-21-22-16(25-15)10-5-3-2-4-6-10)24-17(23)13-11(18)7-8-12(19)14(13)20/h2-9H,1H3/t9-/m1/s1. The average Bonchev–Trinajstić information content (AvgIpc) is 3.09. The molecule has 5 nitrogen and oxygen atoms in total. The first kappa shape index (κ1) is 17.7. The Labute approximate surface area is 158 Å². The van der Waals surface area contributed by atoms with Gasteiger partial charge in [0.15, 0.2) is 6.10 Å². The van der Waals surface area contributed by atoms with Crippen molar-refractivity contribution >= 4 is 40.8 Å². The molecule has 0 unspecified atom stereocenters. The third-order valence-corrected chi connectivity index (χ3v) is 4.46. The number of hydrogen-bond acceptors (Lipinski definition) is 5. The number of aromatic nitrogens is 2. The third-order valence-electron chi connectivity index (χ3n) is 3.34. The van der Waals surface area contributed by atoms with E-state index in [1.807, 2.05) is 30.3 Å². The predicted molar refractivity (Wildman–Crippen MR) is 95.0 cm³/mol. The summed E-state index contributed by atoms with van der Waals surface area (Å²) in [6, 6.07) is 12.2. The number of halogens is 3. The minimum Gasteiger partial charge on any atom is -0.449 e. The molecule has 0 radical (unpaired) electrons. The molecule has 0 aliphatic heterocycles. The van der Waals surface area contributed by atoms with Gasteiger partial charge >= 0.3 is 5.97 Å². The molecule has 0 N–H and O–H groups in total. The van der Waals surface area contributed by atoms with Gasteiger partial charge in [0, 0.05) is 5.56 Å². The molecule has 0 amide bonds. The van der Waals surface area contributed by atoms with Crippen LogP contribution in [0.3, 0.4) is 0 Å². The maximum atomic E-state index is 12.4. The zero-order valence-corrected chi connectivity index (χ0v) is 15.1. The first-order chi connectivity index (χ1) is 12.0. The zero-order valence-electron chi connectivity index (χ0n) is 12.9. The van der Waals surface area contributed by atoms with Crippen LogP contribution >= 0.6 is 34.8 Å². The zero-order chi connectivity index (χ0) is 18.0. The Morgan fingerprint density at radius 3 is 2.44 bits per heavy atom. The van der Waals surface area contributed by atoms with Crippen LogP contribution in [0.5, 0.6) is 0 Å². The van der Waals surface area contributed by atoms with Gasteiger partial charge in [0.25, 0.3) is 5.89 Å². The molecule has 8 heteroatoms. The van der Waals surface area contributed by atoms with Crippen molar-refractivity contribution in [2.24, 2.45) is 0 Å². The summed E-state index contributed by atoms with van der Waals surface area (Å²) in [4.78, 5) is 12.4. The third kappa shape index (κ3) is 3.79. The Morgan fingerprint density at radius 1 is 1.04 bits per heavy atom. The molecule has 3 aromatic rings. The normalized spacial score (nSPS) is 12.0. The maximum absolute atomic E-state index is 12.4. The number of rotatable bonds is 4. The monoisotopic (exact) mass is 396 g/mol. The van der Waals surface area contributed by atoms with Crippen LogP contribution in [0.15, 0.2) is 46.9 Å². The molecule has 0 fully saturated rings. The summed E-state index contributed by atoms with van der Waals surface area (Å²) in [6.45, 7) is 1.60. The van der Waals surface area contributed by atoms with Crippen molar-refractivity contribution in [3.8, 4) is 11.5 Å². The quantitative estimate of drug-likeness (QED) is 0.422. The Hall–Kier alpha value is -2.08. The Balaban J connectivity index is 1.79. The number of nitrogens with zero attached hydrogens (tertiary/aromatic N) is 2. The molecule has 0 aliphatic rings. The molecule has 1 atom stereocenters. The predicted octanol–water partition coefficient (Wildman–Crippen LogP) is 5.61. The molecular weight excluding hydrogens is 387 g/mol. The number of esters is 1. The topological polar surface area (TPSA) is 65.2 Å². The second-order valence-electron chi connectivity index (χ2n) is 5.08. The van der Waals surface area contributed by atoms with E-state index in [0.717, 1.165) is 5.56 Å². The molecule has 0 bridgehead atoms. The molecule has 0 aliphatic carbocycles. The fraction of sp³-hybridized carbons (Fsp3) is 0.118. The van der Waals surface area contributed by atoms with Gasteiger partial charge < -0.3 is 9.15 Å². The van der Waals surface area contributed by atoms with Gasteiger partial charge in [0.1, 0.15) is 0 Å². The molecule has 0 spiro atoms. The largest absolute Gasteiger partial charge is 0.449 e. The summed E-state index contributed by atoms with van der Waals surface area (Å²) >= 11 is 18.0. The van der Waals surface area contributed by atoms with Crippen LogP contribution in [-0.2, 0) is 4.74 Å². The van der Waals surface area contributed by atoms with Gasteiger partial charge in [0.2, 0.25) is 5.89 Å². The van der Waals surface area contributed by atoms with E-state index < -0.39 is 12.1 Å². The van der Waals surface area contributed by atoms with Crippen LogP contribution in [0, 0.1) is 0 Å². The highest BCUT2D eigenvalue weighted by molar-refractivity contribution is 6.46. The van der Waals surface area contributed by atoms with E-state index in [9.17, 15) is 4.79 Å². The number of carbonyl (C=O) groups is 1. The van der Waals surface area contributed by atoms with E-state index in [0.29, 0.717) is 5.89 Å². The number of ether oxygens (including phenoxy) is 1. The van der Waals surface area contributed by atoms with Crippen LogP contribution in [0.25, 0.3) is 11.5 Å². The maximum Gasteiger partial charge on any atom is 0.342 e. The summed E-state index contributed by atoms with van der Waals surface area (Å²) in [5, 5.41) is 8.25. The molecule has 1 heterocycles. The van der Waals surface area contributed by atoms with Crippen molar-refractivity contribution in [3.63, 3.8) is 0 Å². The summed E-state index contributed by atoms with van der Waals surface area (Å²) in [7, 11) is 0. The van der Waals surface area contributed by atoms with E-state index in [-0.39, 0.29) is 26.5 Å². The van der Waals surface area contributed by atoms with Gasteiger partial charge in [-0.2, -0.15) is 0 Å². The second-order valence-corrected chi connectivity index (χ2v) is 6.27. The first-order valence-corrected chi connectivity index (χ1v) is 8.34. The Morgan fingerprint density at radius 2 is 1.72 bits per heavy atom. The average molecular weight is 398 g/mol. The highest BCUT2D eigenvalue weighted by atomic mass is 35.5. The number of hydrogen-bond donors (Lipinski definition) is 0. The summed E-state index contributed by atoms with van der Waals surface area (Å²) in [5.41, 5.74) is 0.756. The van der Waals surface area contributed by atoms with Gasteiger partial charge in [0.05, 0.1) is 20.6 Å². The van der Waals surface area contributed by atoms with Crippen LogP contribution in [0.1, 0.15) is 29.3 Å². The Kier molecular flexibility index (Phi) is 5.27. The van der Waals surface area contributed by atoms with Gasteiger partial charge in [-0.25, -0.2) is 4.79 Å². The van der Waals surface area contributed by atoms with Crippen molar-refractivity contribution in [1.29, 1.82) is 0 Å². The molecule has 0 saturated carbocycles. The van der Waals surface area contributed by atoms with E-state index in [1.165, 1.54) is 12.1 Å².